The highest BCUT2D eigenvalue weighted by atomic mass is 16.2. The molecule has 1 atom stereocenters. The maximum absolute atomic E-state index is 11.4. The minimum absolute atomic E-state index is 0.00671. The monoisotopic (exact) mass is 196 g/mol. The van der Waals surface area contributed by atoms with Crippen LogP contribution in [-0.4, -0.2) is 29.2 Å². The van der Waals surface area contributed by atoms with Crippen molar-refractivity contribution in [2.24, 2.45) is 0 Å². The molecule has 0 N–H and O–H groups in total. The second-order valence-corrected chi connectivity index (χ2v) is 4.01. The van der Waals surface area contributed by atoms with Gasteiger partial charge in [-0.1, -0.05) is 19.3 Å². The second-order valence-electron chi connectivity index (χ2n) is 4.01. The zero-order chi connectivity index (χ0) is 10.6. The fraction of sp³-hybridized carbons (Fsp3) is 0.818. The SMILES string of the molecule is CC(=O)N(C1CCCCC1)[C@@H](C)[C]=O. The van der Waals surface area contributed by atoms with Gasteiger partial charge in [0.1, 0.15) is 0 Å². The predicted octanol–water partition coefficient (Wildman–Crippen LogP) is 1.67. The molecule has 0 aromatic heterocycles. The minimum atomic E-state index is -0.393. The number of carbonyl (C=O) groups excluding carboxylic acids is 2. The van der Waals surface area contributed by atoms with Crippen LogP contribution in [0.4, 0.5) is 0 Å². The summed E-state index contributed by atoms with van der Waals surface area (Å²) in [6.45, 7) is 3.27. The maximum Gasteiger partial charge on any atom is 0.222 e. The van der Waals surface area contributed by atoms with Crippen molar-refractivity contribution in [2.45, 2.75) is 58.0 Å². The van der Waals surface area contributed by atoms with E-state index in [1.165, 1.54) is 26.2 Å². The van der Waals surface area contributed by atoms with Gasteiger partial charge < -0.3 is 4.90 Å². The van der Waals surface area contributed by atoms with E-state index in [9.17, 15) is 9.59 Å². The topological polar surface area (TPSA) is 37.4 Å². The summed E-state index contributed by atoms with van der Waals surface area (Å²) in [4.78, 5) is 23.7. The Morgan fingerprint density at radius 2 is 1.93 bits per heavy atom. The zero-order valence-corrected chi connectivity index (χ0v) is 8.95. The normalized spacial score (nSPS) is 20.1. The zero-order valence-electron chi connectivity index (χ0n) is 8.95. The molecule has 1 rings (SSSR count). The van der Waals surface area contributed by atoms with Crippen molar-refractivity contribution >= 4 is 12.2 Å². The maximum atomic E-state index is 11.4. The van der Waals surface area contributed by atoms with Crippen LogP contribution in [0.2, 0.25) is 0 Å². The van der Waals surface area contributed by atoms with Crippen LogP contribution in [0.15, 0.2) is 0 Å². The van der Waals surface area contributed by atoms with E-state index < -0.39 is 6.04 Å². The smallest absolute Gasteiger partial charge is 0.222 e. The Labute approximate surface area is 85.5 Å². The highest BCUT2D eigenvalue weighted by Gasteiger charge is 2.27. The van der Waals surface area contributed by atoms with Gasteiger partial charge in [0.15, 0.2) is 0 Å². The first-order valence-electron chi connectivity index (χ1n) is 5.33. The lowest BCUT2D eigenvalue weighted by atomic mass is 9.93. The molecule has 14 heavy (non-hydrogen) atoms. The molecule has 0 saturated heterocycles. The van der Waals surface area contributed by atoms with Gasteiger partial charge in [-0.15, -0.1) is 0 Å². The summed E-state index contributed by atoms with van der Waals surface area (Å²) in [6, 6.07) is -0.131. The third-order valence-electron chi connectivity index (χ3n) is 2.92. The summed E-state index contributed by atoms with van der Waals surface area (Å²) in [5.41, 5.74) is 0. The van der Waals surface area contributed by atoms with E-state index in [0.29, 0.717) is 0 Å². The average Bonchev–Trinajstić information content (AvgIpc) is 2.19. The summed E-state index contributed by atoms with van der Waals surface area (Å²) in [5, 5.41) is 0. The van der Waals surface area contributed by atoms with E-state index in [1.807, 2.05) is 6.29 Å². The quantitative estimate of drug-likeness (QED) is 0.688. The van der Waals surface area contributed by atoms with Crippen LogP contribution < -0.4 is 0 Å². The molecule has 1 amide bonds. The van der Waals surface area contributed by atoms with E-state index in [1.54, 1.807) is 11.8 Å². The van der Waals surface area contributed by atoms with Gasteiger partial charge in [0.05, 0.1) is 6.04 Å². The van der Waals surface area contributed by atoms with Gasteiger partial charge in [0, 0.05) is 13.0 Å². The second kappa shape index (κ2) is 5.13. The molecule has 0 aromatic carbocycles. The molecule has 0 unspecified atom stereocenters. The average molecular weight is 196 g/mol. The van der Waals surface area contributed by atoms with Gasteiger partial charge in [-0.25, -0.2) is 0 Å². The lowest BCUT2D eigenvalue weighted by Crippen LogP contribution is -2.46. The summed E-state index contributed by atoms with van der Waals surface area (Å²) in [6.07, 6.45) is 7.55. The summed E-state index contributed by atoms with van der Waals surface area (Å²) in [7, 11) is 0. The molecular formula is C11H18NO2. The van der Waals surface area contributed by atoms with E-state index in [2.05, 4.69) is 0 Å². The Balaban J connectivity index is 2.65. The molecule has 3 nitrogen and oxygen atoms in total. The molecule has 0 heterocycles. The lowest BCUT2D eigenvalue weighted by molar-refractivity contribution is -0.132. The van der Waals surface area contributed by atoms with Crippen molar-refractivity contribution < 1.29 is 9.59 Å². The number of hydrogen-bond donors (Lipinski definition) is 0. The van der Waals surface area contributed by atoms with Crippen molar-refractivity contribution in [3.8, 4) is 0 Å². The summed E-state index contributed by atoms with van der Waals surface area (Å²) < 4.78 is 0. The Kier molecular flexibility index (Phi) is 4.11. The van der Waals surface area contributed by atoms with Gasteiger partial charge >= 0.3 is 0 Å². The Morgan fingerprint density at radius 3 is 2.36 bits per heavy atom. The van der Waals surface area contributed by atoms with Gasteiger partial charge in [-0.2, -0.15) is 0 Å². The Morgan fingerprint density at radius 1 is 1.36 bits per heavy atom. The highest BCUT2D eigenvalue weighted by Crippen LogP contribution is 2.23. The largest absolute Gasteiger partial charge is 0.330 e. The fourth-order valence-electron chi connectivity index (χ4n) is 2.26. The molecule has 1 saturated carbocycles. The summed E-state index contributed by atoms with van der Waals surface area (Å²) in [5.74, 6) is -0.00671. The van der Waals surface area contributed by atoms with Crippen molar-refractivity contribution in [3.63, 3.8) is 0 Å². The predicted molar refractivity (Wildman–Crippen MR) is 54.5 cm³/mol. The highest BCUT2D eigenvalue weighted by molar-refractivity contribution is 5.77. The van der Waals surface area contributed by atoms with Crippen LogP contribution in [0.25, 0.3) is 0 Å². The van der Waals surface area contributed by atoms with Crippen LogP contribution in [0.1, 0.15) is 46.0 Å². The van der Waals surface area contributed by atoms with Crippen LogP contribution in [-0.2, 0) is 9.59 Å². The number of rotatable bonds is 3. The van der Waals surface area contributed by atoms with Crippen LogP contribution in [0, 0.1) is 0 Å². The molecule has 1 radical (unpaired) electrons. The molecule has 1 aliphatic rings. The lowest BCUT2D eigenvalue weighted by Gasteiger charge is -2.35. The molecular weight excluding hydrogens is 178 g/mol. The molecule has 0 aromatic rings. The van der Waals surface area contributed by atoms with Gasteiger partial charge in [0.25, 0.3) is 0 Å². The Hall–Kier alpha value is -0.860. The Bertz CT molecular complexity index is 209. The molecule has 79 valence electrons. The van der Waals surface area contributed by atoms with Crippen molar-refractivity contribution in [2.75, 3.05) is 0 Å². The van der Waals surface area contributed by atoms with Crippen molar-refractivity contribution in [1.82, 2.24) is 4.90 Å². The number of hydrogen-bond acceptors (Lipinski definition) is 2. The van der Waals surface area contributed by atoms with Crippen LogP contribution in [0.5, 0.6) is 0 Å². The van der Waals surface area contributed by atoms with Crippen molar-refractivity contribution in [1.29, 1.82) is 0 Å². The van der Waals surface area contributed by atoms with E-state index >= 15 is 0 Å². The fourth-order valence-corrected chi connectivity index (χ4v) is 2.26. The summed E-state index contributed by atoms with van der Waals surface area (Å²) >= 11 is 0. The molecule has 0 spiro atoms. The molecule has 1 aliphatic carbocycles. The first-order chi connectivity index (χ1) is 6.66. The third-order valence-corrected chi connectivity index (χ3v) is 2.92. The minimum Gasteiger partial charge on any atom is -0.330 e. The first-order valence-corrected chi connectivity index (χ1v) is 5.33. The van der Waals surface area contributed by atoms with Crippen LogP contribution >= 0.6 is 0 Å². The number of amides is 1. The number of nitrogens with zero attached hydrogens (tertiary/aromatic N) is 1. The number of carbonyl (C=O) groups is 1. The molecule has 3 heteroatoms. The van der Waals surface area contributed by atoms with Gasteiger partial charge in [-0.05, 0) is 19.8 Å². The van der Waals surface area contributed by atoms with Gasteiger partial charge in [-0.3, -0.25) is 9.59 Å². The first kappa shape index (κ1) is 11.2. The van der Waals surface area contributed by atoms with E-state index in [-0.39, 0.29) is 11.9 Å². The van der Waals surface area contributed by atoms with Gasteiger partial charge in [0.2, 0.25) is 12.2 Å². The molecule has 0 aliphatic heterocycles. The third kappa shape index (κ3) is 2.56. The van der Waals surface area contributed by atoms with Crippen LogP contribution in [0.3, 0.4) is 0 Å². The molecule has 0 bridgehead atoms. The van der Waals surface area contributed by atoms with Crippen molar-refractivity contribution in [3.05, 3.63) is 0 Å². The van der Waals surface area contributed by atoms with E-state index in [0.717, 1.165) is 12.8 Å². The standard InChI is InChI=1S/C11H18NO2/c1-9(8-13)12(10(2)14)11-6-4-3-5-7-11/h9,11H,3-7H2,1-2H3/t9-/m0/s1. The molecule has 1 fully saturated rings. The van der Waals surface area contributed by atoms with E-state index in [4.69, 9.17) is 0 Å².